The maximum absolute atomic E-state index is 13.5. The van der Waals surface area contributed by atoms with Crippen molar-refractivity contribution in [2.75, 3.05) is 30.6 Å². The fourth-order valence-electron chi connectivity index (χ4n) is 4.30. The second-order valence-electron chi connectivity index (χ2n) is 9.86. The molecule has 0 radical (unpaired) electrons. The van der Waals surface area contributed by atoms with Crippen molar-refractivity contribution in [3.05, 3.63) is 125 Å². The van der Waals surface area contributed by atoms with E-state index in [9.17, 15) is 18.8 Å². The Morgan fingerprint density at radius 1 is 0.872 bits per heavy atom. The van der Waals surface area contributed by atoms with Crippen LogP contribution in [0.25, 0.3) is 17.3 Å². The lowest BCUT2D eigenvalue weighted by molar-refractivity contribution is -0.114. The summed E-state index contributed by atoms with van der Waals surface area (Å²) < 4.78 is 23.9. The van der Waals surface area contributed by atoms with Gasteiger partial charge in [-0.15, -0.1) is 23.1 Å². The first-order chi connectivity index (χ1) is 22.8. The summed E-state index contributed by atoms with van der Waals surface area (Å²) in [5, 5.41) is 10.6. The second-order valence-corrected chi connectivity index (χ2v) is 11.8. The molecule has 0 aliphatic rings. The summed E-state index contributed by atoms with van der Waals surface area (Å²) in [5.74, 6) is -0.508. The molecule has 0 fully saturated rings. The van der Waals surface area contributed by atoms with Crippen molar-refractivity contribution < 1.29 is 28.2 Å². The molecule has 3 N–H and O–H groups in total. The van der Waals surface area contributed by atoms with Crippen molar-refractivity contribution in [1.29, 1.82) is 0 Å². The molecule has 1 heterocycles. The number of ether oxygens (including phenoxy) is 2. The van der Waals surface area contributed by atoms with Crippen LogP contribution in [0.1, 0.15) is 15.9 Å². The lowest BCUT2D eigenvalue weighted by atomic mass is 10.1. The Labute approximate surface area is 278 Å². The van der Waals surface area contributed by atoms with Gasteiger partial charge in [-0.1, -0.05) is 30.3 Å². The smallest absolute Gasteiger partial charge is 0.272 e. The van der Waals surface area contributed by atoms with Gasteiger partial charge in [0.05, 0.1) is 25.7 Å². The number of methoxy groups -OCH3 is 2. The van der Waals surface area contributed by atoms with Crippen LogP contribution in [0.2, 0.25) is 0 Å². The number of rotatable bonds is 12. The fourth-order valence-corrected chi connectivity index (χ4v) is 5.79. The molecule has 4 aromatic carbocycles. The van der Waals surface area contributed by atoms with Gasteiger partial charge in [0.15, 0.2) is 16.6 Å². The largest absolute Gasteiger partial charge is 0.493 e. The number of hydrogen-bond donors (Lipinski definition) is 3. The van der Waals surface area contributed by atoms with Crippen molar-refractivity contribution in [2.45, 2.75) is 4.90 Å². The monoisotopic (exact) mass is 668 g/mol. The van der Waals surface area contributed by atoms with Crippen LogP contribution in [-0.2, 0) is 9.59 Å². The van der Waals surface area contributed by atoms with E-state index >= 15 is 0 Å². The average molecular weight is 669 g/mol. The highest BCUT2D eigenvalue weighted by atomic mass is 32.2. The molecule has 5 rings (SSSR count). The summed E-state index contributed by atoms with van der Waals surface area (Å²) in [6, 6.07) is 26.7. The topological polar surface area (TPSA) is 119 Å². The molecule has 0 saturated carbocycles. The summed E-state index contributed by atoms with van der Waals surface area (Å²) in [6.45, 7) is 0. The number of thioether (sulfide) groups is 1. The number of carbonyl (C=O) groups is 3. The molecule has 0 bridgehead atoms. The van der Waals surface area contributed by atoms with E-state index in [-0.39, 0.29) is 23.2 Å². The fraction of sp³-hybridized carbons (Fsp3) is 0.0857. The van der Waals surface area contributed by atoms with Gasteiger partial charge in [0.2, 0.25) is 5.91 Å². The molecule has 12 heteroatoms. The maximum Gasteiger partial charge on any atom is 0.272 e. The van der Waals surface area contributed by atoms with E-state index in [1.807, 2.05) is 6.07 Å². The first kappa shape index (κ1) is 32.9. The summed E-state index contributed by atoms with van der Waals surface area (Å²) >= 11 is 2.56. The minimum atomic E-state index is -0.551. The van der Waals surface area contributed by atoms with E-state index in [2.05, 4.69) is 20.9 Å². The predicted molar refractivity (Wildman–Crippen MR) is 183 cm³/mol. The SMILES string of the molecule is COc1ccc(/C=C(/NC(=O)c2ccccc2)C(=O)Nc2cccc(SCC(=O)Nc3nc(-c4ccc(F)cc4)cs3)c2)cc1OC. The molecular weight excluding hydrogens is 640 g/mol. The Bertz CT molecular complexity index is 1910. The van der Waals surface area contributed by atoms with E-state index in [0.717, 1.165) is 10.5 Å². The number of aromatic nitrogens is 1. The molecule has 0 aliphatic carbocycles. The average Bonchev–Trinajstić information content (AvgIpc) is 3.56. The van der Waals surface area contributed by atoms with Crippen LogP contribution in [-0.4, -0.2) is 42.7 Å². The number of thiazole rings is 1. The van der Waals surface area contributed by atoms with E-state index in [4.69, 9.17) is 9.47 Å². The predicted octanol–water partition coefficient (Wildman–Crippen LogP) is 7.11. The van der Waals surface area contributed by atoms with Crippen LogP contribution < -0.4 is 25.4 Å². The number of anilines is 2. The Morgan fingerprint density at radius 3 is 2.38 bits per heavy atom. The molecular formula is C35H29FN4O5S2. The first-order valence-corrected chi connectivity index (χ1v) is 16.0. The Hall–Kier alpha value is -5.46. The lowest BCUT2D eigenvalue weighted by Gasteiger charge is -2.13. The molecule has 5 aromatic rings. The third-order valence-electron chi connectivity index (χ3n) is 6.60. The number of amides is 3. The first-order valence-electron chi connectivity index (χ1n) is 14.2. The third kappa shape index (κ3) is 9.06. The zero-order chi connectivity index (χ0) is 33.2. The van der Waals surface area contributed by atoms with Crippen LogP contribution >= 0.6 is 23.1 Å². The Morgan fingerprint density at radius 2 is 1.64 bits per heavy atom. The van der Waals surface area contributed by atoms with Gasteiger partial charge < -0.3 is 25.4 Å². The Balaban J connectivity index is 1.25. The molecule has 238 valence electrons. The number of nitrogens with one attached hydrogen (secondary N) is 3. The van der Waals surface area contributed by atoms with Crippen molar-refractivity contribution in [2.24, 2.45) is 0 Å². The third-order valence-corrected chi connectivity index (χ3v) is 8.35. The molecule has 47 heavy (non-hydrogen) atoms. The minimum Gasteiger partial charge on any atom is -0.493 e. The molecule has 3 amide bonds. The zero-order valence-corrected chi connectivity index (χ0v) is 26.9. The number of benzene rings is 4. The van der Waals surface area contributed by atoms with Crippen LogP contribution in [0.3, 0.4) is 0 Å². The van der Waals surface area contributed by atoms with Gasteiger partial charge in [-0.3, -0.25) is 14.4 Å². The van der Waals surface area contributed by atoms with E-state index in [1.165, 1.54) is 49.5 Å². The summed E-state index contributed by atoms with van der Waals surface area (Å²) in [4.78, 5) is 44.3. The van der Waals surface area contributed by atoms with Crippen molar-refractivity contribution in [3.63, 3.8) is 0 Å². The molecule has 0 unspecified atom stereocenters. The highest BCUT2D eigenvalue weighted by Gasteiger charge is 2.16. The molecule has 0 saturated heterocycles. The van der Waals surface area contributed by atoms with Gasteiger partial charge in [-0.05, 0) is 78.4 Å². The van der Waals surface area contributed by atoms with Gasteiger partial charge >= 0.3 is 0 Å². The summed E-state index contributed by atoms with van der Waals surface area (Å²) in [7, 11) is 3.04. The minimum absolute atomic E-state index is 0.00645. The number of halogens is 1. The molecule has 9 nitrogen and oxygen atoms in total. The van der Waals surface area contributed by atoms with Gasteiger partial charge in [0, 0.05) is 27.1 Å². The van der Waals surface area contributed by atoms with Crippen LogP contribution in [0.5, 0.6) is 11.5 Å². The summed E-state index contributed by atoms with van der Waals surface area (Å²) in [5.41, 5.74) is 2.85. The maximum atomic E-state index is 13.5. The van der Waals surface area contributed by atoms with E-state index in [0.29, 0.717) is 39.1 Å². The van der Waals surface area contributed by atoms with E-state index < -0.39 is 11.8 Å². The van der Waals surface area contributed by atoms with Crippen molar-refractivity contribution in [3.8, 4) is 22.8 Å². The quantitative estimate of drug-likeness (QED) is 0.0958. The zero-order valence-electron chi connectivity index (χ0n) is 25.3. The highest BCUT2D eigenvalue weighted by Crippen LogP contribution is 2.29. The number of nitrogens with zero attached hydrogens (tertiary/aromatic N) is 1. The lowest BCUT2D eigenvalue weighted by Crippen LogP contribution is -2.30. The Kier molecular flexibility index (Phi) is 11.0. The van der Waals surface area contributed by atoms with Crippen LogP contribution in [0.4, 0.5) is 15.2 Å². The van der Waals surface area contributed by atoms with Crippen LogP contribution in [0.15, 0.2) is 113 Å². The molecule has 1 aromatic heterocycles. The van der Waals surface area contributed by atoms with Crippen molar-refractivity contribution >= 4 is 57.7 Å². The normalized spacial score (nSPS) is 11.0. The van der Waals surface area contributed by atoms with Crippen molar-refractivity contribution in [1.82, 2.24) is 10.3 Å². The van der Waals surface area contributed by atoms with Gasteiger partial charge in [-0.2, -0.15) is 0 Å². The van der Waals surface area contributed by atoms with Gasteiger partial charge in [0.25, 0.3) is 11.8 Å². The van der Waals surface area contributed by atoms with Crippen LogP contribution in [0, 0.1) is 5.82 Å². The molecule has 0 aliphatic heterocycles. The number of carbonyl (C=O) groups excluding carboxylic acids is 3. The molecule has 0 spiro atoms. The number of hydrogen-bond acceptors (Lipinski definition) is 8. The molecule has 0 atom stereocenters. The van der Waals surface area contributed by atoms with Gasteiger partial charge in [-0.25, -0.2) is 9.37 Å². The second kappa shape index (κ2) is 15.7. The standard InChI is InChI=1S/C35H29FN4O5S2/c1-44-30-16-11-22(18-31(30)45-2)17-28(38-33(42)24-7-4-3-5-8-24)34(43)37-26-9-6-10-27(19-26)46-21-32(41)40-35-39-29(20-47-35)23-12-14-25(36)15-13-23/h3-20H,21H2,1-2H3,(H,37,43)(H,38,42)(H,39,40,41)/b28-17+. The van der Waals surface area contributed by atoms with E-state index in [1.54, 1.807) is 90.3 Å². The summed E-state index contributed by atoms with van der Waals surface area (Å²) in [6.07, 6.45) is 1.54. The van der Waals surface area contributed by atoms with Gasteiger partial charge in [0.1, 0.15) is 11.5 Å². The highest BCUT2D eigenvalue weighted by molar-refractivity contribution is 8.00.